The number of aromatic nitrogens is 2. The van der Waals surface area contributed by atoms with Crippen LogP contribution in [0.5, 0.6) is 0 Å². The largest absolute Gasteiger partial charge is 0.358 e. The molecule has 76 valence electrons. The Hall–Kier alpha value is -1.36. The molecule has 5 nitrogen and oxygen atoms in total. The van der Waals surface area contributed by atoms with E-state index in [2.05, 4.69) is 14.9 Å². The van der Waals surface area contributed by atoms with Crippen molar-refractivity contribution in [2.75, 3.05) is 18.0 Å². The van der Waals surface area contributed by atoms with Gasteiger partial charge in [-0.1, -0.05) is 0 Å². The molecular weight excluding hydrogens is 180 g/mol. The van der Waals surface area contributed by atoms with E-state index < -0.39 is 0 Å². The van der Waals surface area contributed by atoms with Gasteiger partial charge >= 0.3 is 5.69 Å². The van der Waals surface area contributed by atoms with Crippen LogP contribution in [0, 0.1) is 0 Å². The number of nitrogens with zero attached hydrogens (tertiary/aromatic N) is 2. The van der Waals surface area contributed by atoms with E-state index in [-0.39, 0.29) is 5.69 Å². The lowest BCUT2D eigenvalue weighted by Crippen LogP contribution is -2.40. The Balaban J connectivity index is 2.12. The van der Waals surface area contributed by atoms with Crippen molar-refractivity contribution in [3.63, 3.8) is 0 Å². The minimum absolute atomic E-state index is 0.294. The molecule has 0 saturated carbocycles. The van der Waals surface area contributed by atoms with Gasteiger partial charge in [0.25, 0.3) is 0 Å². The molecule has 14 heavy (non-hydrogen) atoms. The van der Waals surface area contributed by atoms with Gasteiger partial charge in [0.05, 0.1) is 0 Å². The summed E-state index contributed by atoms with van der Waals surface area (Å²) >= 11 is 0. The molecule has 3 N–H and O–H groups in total. The first-order valence-electron chi connectivity index (χ1n) is 4.81. The second-order valence-corrected chi connectivity index (χ2v) is 3.58. The van der Waals surface area contributed by atoms with Gasteiger partial charge in [0, 0.05) is 25.3 Å². The van der Waals surface area contributed by atoms with Crippen LogP contribution < -0.4 is 16.3 Å². The Kier molecular flexibility index (Phi) is 2.49. The summed E-state index contributed by atoms with van der Waals surface area (Å²) in [4.78, 5) is 19.4. The van der Waals surface area contributed by atoms with Crippen LogP contribution >= 0.6 is 0 Å². The van der Waals surface area contributed by atoms with E-state index in [1.807, 2.05) is 6.07 Å². The van der Waals surface area contributed by atoms with Gasteiger partial charge in [0.1, 0.15) is 5.82 Å². The van der Waals surface area contributed by atoms with Crippen molar-refractivity contribution in [3.05, 3.63) is 22.7 Å². The molecule has 1 aromatic rings. The van der Waals surface area contributed by atoms with Gasteiger partial charge in [0.15, 0.2) is 0 Å². The summed E-state index contributed by atoms with van der Waals surface area (Å²) in [5.74, 6) is 0.844. The van der Waals surface area contributed by atoms with Gasteiger partial charge in [-0.3, -0.25) is 4.98 Å². The number of hydrogen-bond donors (Lipinski definition) is 2. The zero-order valence-corrected chi connectivity index (χ0v) is 7.94. The highest BCUT2D eigenvalue weighted by Crippen LogP contribution is 2.14. The van der Waals surface area contributed by atoms with Crippen LogP contribution in [0.4, 0.5) is 5.82 Å². The molecule has 1 aromatic heterocycles. The number of H-pyrrole nitrogens is 1. The first-order valence-corrected chi connectivity index (χ1v) is 4.81. The van der Waals surface area contributed by atoms with Gasteiger partial charge in [-0.25, -0.2) is 9.78 Å². The van der Waals surface area contributed by atoms with Crippen molar-refractivity contribution >= 4 is 5.82 Å². The van der Waals surface area contributed by atoms with E-state index in [1.54, 1.807) is 0 Å². The average molecular weight is 194 g/mol. The molecule has 0 radical (unpaired) electrons. The van der Waals surface area contributed by atoms with Gasteiger partial charge in [-0.15, -0.1) is 0 Å². The summed E-state index contributed by atoms with van der Waals surface area (Å²) < 4.78 is 0. The number of aromatic amines is 1. The summed E-state index contributed by atoms with van der Waals surface area (Å²) in [6.07, 6.45) is 3.48. The molecule has 0 amide bonds. The van der Waals surface area contributed by atoms with Crippen LogP contribution in [0.2, 0.25) is 0 Å². The molecule has 2 rings (SSSR count). The molecule has 0 spiro atoms. The third-order valence-electron chi connectivity index (χ3n) is 2.54. The Morgan fingerprint density at radius 1 is 1.50 bits per heavy atom. The number of anilines is 1. The molecular formula is C9H14N4O. The number of piperidine rings is 1. The average Bonchev–Trinajstić information content (AvgIpc) is 2.19. The number of nitrogens with one attached hydrogen (secondary N) is 1. The number of hydrogen-bond acceptors (Lipinski definition) is 4. The molecule has 1 saturated heterocycles. The Bertz CT molecular complexity index is 354. The normalized spacial score (nSPS) is 18.5. The van der Waals surface area contributed by atoms with Gasteiger partial charge in [-0.2, -0.15) is 0 Å². The fourth-order valence-electron chi connectivity index (χ4n) is 1.68. The summed E-state index contributed by atoms with van der Waals surface area (Å²) in [6, 6.07) is 2.12. The van der Waals surface area contributed by atoms with Gasteiger partial charge in [-0.05, 0) is 18.9 Å². The second-order valence-electron chi connectivity index (χ2n) is 3.58. The first kappa shape index (κ1) is 9.21. The van der Waals surface area contributed by atoms with Crippen molar-refractivity contribution in [2.45, 2.75) is 18.9 Å². The molecule has 0 bridgehead atoms. The van der Waals surface area contributed by atoms with Crippen LogP contribution in [0.15, 0.2) is 17.1 Å². The lowest BCUT2D eigenvalue weighted by molar-refractivity contribution is 0.498. The molecule has 0 unspecified atom stereocenters. The topological polar surface area (TPSA) is 75.0 Å². The van der Waals surface area contributed by atoms with Crippen molar-refractivity contribution < 1.29 is 0 Å². The van der Waals surface area contributed by atoms with Crippen molar-refractivity contribution in [1.82, 2.24) is 9.97 Å². The quantitative estimate of drug-likeness (QED) is 0.643. The maximum atomic E-state index is 11.0. The monoisotopic (exact) mass is 194 g/mol. The first-order chi connectivity index (χ1) is 6.75. The molecule has 5 heteroatoms. The molecule has 0 atom stereocenters. The van der Waals surface area contributed by atoms with E-state index in [0.29, 0.717) is 6.04 Å². The summed E-state index contributed by atoms with van der Waals surface area (Å²) in [6.45, 7) is 1.81. The maximum absolute atomic E-state index is 11.0. The van der Waals surface area contributed by atoms with Crippen molar-refractivity contribution in [2.24, 2.45) is 5.73 Å². The lowest BCUT2D eigenvalue weighted by atomic mass is 10.1. The van der Waals surface area contributed by atoms with Crippen molar-refractivity contribution in [1.29, 1.82) is 0 Å². The van der Waals surface area contributed by atoms with Crippen LogP contribution in [-0.4, -0.2) is 29.1 Å². The standard InChI is InChI=1S/C9H14N4O/c10-7-2-5-13(6-3-7)8-1-4-11-9(14)12-8/h1,4,7H,2-3,5-6,10H2,(H,11,12,14). The molecule has 2 heterocycles. The molecule has 1 aliphatic heterocycles. The van der Waals surface area contributed by atoms with Crippen LogP contribution in [0.1, 0.15) is 12.8 Å². The van der Waals surface area contributed by atoms with Crippen LogP contribution in [-0.2, 0) is 0 Å². The summed E-state index contributed by atoms with van der Waals surface area (Å²) in [7, 11) is 0. The fraction of sp³-hybridized carbons (Fsp3) is 0.556. The molecule has 0 aliphatic carbocycles. The van der Waals surface area contributed by atoms with E-state index in [4.69, 9.17) is 5.73 Å². The van der Waals surface area contributed by atoms with Crippen molar-refractivity contribution in [3.8, 4) is 0 Å². The molecule has 0 aromatic carbocycles. The number of rotatable bonds is 1. The zero-order valence-electron chi connectivity index (χ0n) is 7.94. The number of nitrogens with two attached hydrogens (primary N) is 1. The highest BCUT2D eigenvalue weighted by atomic mass is 16.1. The van der Waals surface area contributed by atoms with E-state index >= 15 is 0 Å². The summed E-state index contributed by atoms with van der Waals surface area (Å²) in [5.41, 5.74) is 5.50. The zero-order chi connectivity index (χ0) is 9.97. The minimum Gasteiger partial charge on any atom is -0.358 e. The van der Waals surface area contributed by atoms with E-state index in [9.17, 15) is 4.79 Å². The van der Waals surface area contributed by atoms with Crippen LogP contribution in [0.3, 0.4) is 0 Å². The fourth-order valence-corrected chi connectivity index (χ4v) is 1.68. The smallest absolute Gasteiger partial charge is 0.346 e. The Labute approximate surface area is 82.0 Å². The van der Waals surface area contributed by atoms with Gasteiger partial charge in [0.2, 0.25) is 0 Å². The second kappa shape index (κ2) is 3.79. The third-order valence-corrected chi connectivity index (χ3v) is 2.54. The highest BCUT2D eigenvalue weighted by molar-refractivity contribution is 5.36. The Morgan fingerprint density at radius 3 is 2.86 bits per heavy atom. The molecule has 1 fully saturated rings. The van der Waals surface area contributed by atoms with E-state index in [0.717, 1.165) is 31.7 Å². The maximum Gasteiger partial charge on any atom is 0.346 e. The summed E-state index contributed by atoms with van der Waals surface area (Å²) in [5, 5.41) is 0. The van der Waals surface area contributed by atoms with E-state index in [1.165, 1.54) is 6.20 Å². The van der Waals surface area contributed by atoms with Gasteiger partial charge < -0.3 is 10.6 Å². The van der Waals surface area contributed by atoms with Crippen LogP contribution in [0.25, 0.3) is 0 Å². The lowest BCUT2D eigenvalue weighted by Gasteiger charge is -2.31. The SMILES string of the molecule is NC1CCN(c2ccnc(=O)[nH]2)CC1. The third kappa shape index (κ3) is 1.93. The predicted molar refractivity (Wildman–Crippen MR) is 54.3 cm³/mol. The minimum atomic E-state index is -0.294. The molecule has 1 aliphatic rings. The predicted octanol–water partition coefficient (Wildman–Crippen LogP) is -0.303. The Morgan fingerprint density at radius 2 is 2.21 bits per heavy atom. The highest BCUT2D eigenvalue weighted by Gasteiger charge is 2.16.